The van der Waals surface area contributed by atoms with Gasteiger partial charge in [0.1, 0.15) is 0 Å². The van der Waals surface area contributed by atoms with Crippen LogP contribution in [0, 0.1) is 12.3 Å². The van der Waals surface area contributed by atoms with E-state index < -0.39 is 0 Å². The van der Waals surface area contributed by atoms with Gasteiger partial charge in [-0.3, -0.25) is 0 Å². The lowest BCUT2D eigenvalue weighted by Gasteiger charge is -2.25. The SMILES string of the molecule is Cc1ccc([C@H](N)C(C)(C)C)s1.Cl. The van der Waals surface area contributed by atoms with Gasteiger partial charge in [-0.15, -0.1) is 23.7 Å². The molecule has 0 saturated carbocycles. The van der Waals surface area contributed by atoms with E-state index in [1.807, 2.05) is 0 Å². The minimum absolute atomic E-state index is 0. The van der Waals surface area contributed by atoms with E-state index in [0.29, 0.717) is 0 Å². The predicted molar refractivity (Wildman–Crippen MR) is 62.7 cm³/mol. The average Bonchev–Trinajstić information content (AvgIpc) is 2.32. The molecule has 0 aromatic carbocycles. The Labute approximate surface area is 90.8 Å². The van der Waals surface area contributed by atoms with E-state index in [2.05, 4.69) is 39.8 Å². The van der Waals surface area contributed by atoms with Crippen LogP contribution >= 0.6 is 23.7 Å². The lowest BCUT2D eigenvalue weighted by Crippen LogP contribution is -2.25. The van der Waals surface area contributed by atoms with Crippen LogP contribution in [0.25, 0.3) is 0 Å². The summed E-state index contributed by atoms with van der Waals surface area (Å²) in [5.41, 5.74) is 6.26. The molecule has 1 rings (SSSR count). The van der Waals surface area contributed by atoms with E-state index in [1.54, 1.807) is 11.3 Å². The van der Waals surface area contributed by atoms with Crippen LogP contribution in [-0.2, 0) is 0 Å². The minimum Gasteiger partial charge on any atom is -0.323 e. The normalized spacial score (nSPS) is 13.6. The summed E-state index contributed by atoms with van der Waals surface area (Å²) in [6.07, 6.45) is 0. The fourth-order valence-electron chi connectivity index (χ4n) is 1.05. The predicted octanol–water partition coefficient (Wildman–Crippen LogP) is 3.52. The van der Waals surface area contributed by atoms with Gasteiger partial charge in [-0.05, 0) is 24.5 Å². The third kappa shape index (κ3) is 3.29. The highest BCUT2D eigenvalue weighted by Crippen LogP contribution is 2.33. The molecule has 1 aromatic rings. The molecule has 0 unspecified atom stereocenters. The summed E-state index contributed by atoms with van der Waals surface area (Å²) in [6, 6.07) is 4.43. The van der Waals surface area contributed by atoms with E-state index >= 15 is 0 Å². The van der Waals surface area contributed by atoms with Gasteiger partial charge in [-0.25, -0.2) is 0 Å². The van der Waals surface area contributed by atoms with Gasteiger partial charge in [0.05, 0.1) is 0 Å². The summed E-state index contributed by atoms with van der Waals surface area (Å²) >= 11 is 1.80. The summed E-state index contributed by atoms with van der Waals surface area (Å²) < 4.78 is 0. The first-order valence-corrected chi connectivity index (χ1v) is 5.05. The van der Waals surface area contributed by atoms with Crippen LogP contribution in [0.4, 0.5) is 0 Å². The zero-order chi connectivity index (χ0) is 9.35. The van der Waals surface area contributed by atoms with Crippen LogP contribution in [0.2, 0.25) is 0 Å². The molecule has 0 aliphatic heterocycles. The molecule has 0 radical (unpaired) electrons. The van der Waals surface area contributed by atoms with Crippen LogP contribution in [0.1, 0.15) is 36.6 Å². The molecular weight excluding hydrogens is 202 g/mol. The van der Waals surface area contributed by atoms with E-state index in [4.69, 9.17) is 5.73 Å². The lowest BCUT2D eigenvalue weighted by molar-refractivity contribution is 0.331. The molecule has 0 bridgehead atoms. The fourth-order valence-corrected chi connectivity index (χ4v) is 2.17. The van der Waals surface area contributed by atoms with Gasteiger partial charge >= 0.3 is 0 Å². The molecule has 0 amide bonds. The third-order valence-corrected chi connectivity index (χ3v) is 3.08. The van der Waals surface area contributed by atoms with Crippen molar-refractivity contribution >= 4 is 23.7 Å². The molecule has 0 saturated heterocycles. The first-order valence-electron chi connectivity index (χ1n) is 4.23. The number of thiophene rings is 1. The van der Waals surface area contributed by atoms with Crippen LogP contribution in [0.15, 0.2) is 12.1 Å². The summed E-state index contributed by atoms with van der Waals surface area (Å²) in [5.74, 6) is 0. The maximum atomic E-state index is 6.10. The average molecular weight is 220 g/mol. The van der Waals surface area contributed by atoms with Crippen LogP contribution in [-0.4, -0.2) is 0 Å². The number of hydrogen-bond acceptors (Lipinski definition) is 2. The van der Waals surface area contributed by atoms with E-state index in [9.17, 15) is 0 Å². The lowest BCUT2D eigenvalue weighted by atomic mass is 9.87. The zero-order valence-corrected chi connectivity index (χ0v) is 10.3. The number of hydrogen-bond donors (Lipinski definition) is 1. The second-order valence-electron chi connectivity index (χ2n) is 4.29. The van der Waals surface area contributed by atoms with Crippen molar-refractivity contribution in [2.75, 3.05) is 0 Å². The Kier molecular flexibility index (Phi) is 4.43. The minimum atomic E-state index is 0. The van der Waals surface area contributed by atoms with Gasteiger partial charge in [0.2, 0.25) is 0 Å². The Bertz CT molecular complexity index is 262. The molecule has 2 N–H and O–H groups in total. The molecule has 0 spiro atoms. The van der Waals surface area contributed by atoms with Gasteiger partial charge in [0.25, 0.3) is 0 Å². The standard InChI is InChI=1S/C10H17NS.ClH/c1-7-5-6-8(12-7)9(11)10(2,3)4;/h5-6,9H,11H2,1-4H3;1H/t9-;/m0./s1. The first kappa shape index (κ1) is 12.9. The quantitative estimate of drug-likeness (QED) is 0.769. The number of halogens is 1. The zero-order valence-electron chi connectivity index (χ0n) is 8.63. The van der Waals surface area contributed by atoms with Crippen LogP contribution < -0.4 is 5.73 Å². The van der Waals surface area contributed by atoms with Gasteiger partial charge in [0, 0.05) is 15.8 Å². The van der Waals surface area contributed by atoms with Crippen molar-refractivity contribution in [1.29, 1.82) is 0 Å². The highest BCUT2D eigenvalue weighted by atomic mass is 35.5. The Morgan fingerprint density at radius 1 is 1.31 bits per heavy atom. The molecule has 1 aromatic heterocycles. The molecular formula is C10H18ClNS. The Balaban J connectivity index is 0.00000144. The first-order chi connectivity index (χ1) is 5.41. The largest absolute Gasteiger partial charge is 0.323 e. The van der Waals surface area contributed by atoms with Crippen molar-refractivity contribution < 1.29 is 0 Å². The van der Waals surface area contributed by atoms with Crippen molar-refractivity contribution in [2.24, 2.45) is 11.1 Å². The van der Waals surface area contributed by atoms with Crippen molar-refractivity contribution in [2.45, 2.75) is 33.7 Å². The molecule has 0 fully saturated rings. The monoisotopic (exact) mass is 219 g/mol. The Hall–Kier alpha value is -0.0500. The van der Waals surface area contributed by atoms with Gasteiger partial charge in [-0.1, -0.05) is 20.8 Å². The number of aryl methyl sites for hydroxylation is 1. The molecule has 1 nitrogen and oxygen atoms in total. The maximum Gasteiger partial charge on any atom is 0.0439 e. The van der Waals surface area contributed by atoms with Crippen LogP contribution in [0.5, 0.6) is 0 Å². The second kappa shape index (κ2) is 4.45. The van der Waals surface area contributed by atoms with Gasteiger partial charge in [-0.2, -0.15) is 0 Å². The highest BCUT2D eigenvalue weighted by Gasteiger charge is 2.23. The van der Waals surface area contributed by atoms with Gasteiger partial charge < -0.3 is 5.73 Å². The maximum absolute atomic E-state index is 6.10. The molecule has 1 heterocycles. The topological polar surface area (TPSA) is 26.0 Å². The molecule has 0 aliphatic carbocycles. The number of rotatable bonds is 1. The van der Waals surface area contributed by atoms with Crippen molar-refractivity contribution in [3.8, 4) is 0 Å². The smallest absolute Gasteiger partial charge is 0.0439 e. The highest BCUT2D eigenvalue weighted by molar-refractivity contribution is 7.12. The third-order valence-electron chi connectivity index (χ3n) is 2.00. The van der Waals surface area contributed by atoms with E-state index in [0.717, 1.165) is 0 Å². The van der Waals surface area contributed by atoms with Crippen molar-refractivity contribution in [3.63, 3.8) is 0 Å². The molecule has 3 heteroatoms. The second-order valence-corrected chi connectivity index (χ2v) is 5.61. The fraction of sp³-hybridized carbons (Fsp3) is 0.600. The van der Waals surface area contributed by atoms with E-state index in [1.165, 1.54) is 9.75 Å². The summed E-state index contributed by atoms with van der Waals surface area (Å²) in [4.78, 5) is 2.63. The molecule has 76 valence electrons. The Morgan fingerprint density at radius 2 is 1.85 bits per heavy atom. The summed E-state index contributed by atoms with van der Waals surface area (Å²) in [7, 11) is 0. The van der Waals surface area contributed by atoms with Gasteiger partial charge in [0.15, 0.2) is 0 Å². The molecule has 0 aliphatic rings. The van der Waals surface area contributed by atoms with Crippen molar-refractivity contribution in [1.82, 2.24) is 0 Å². The summed E-state index contributed by atoms with van der Waals surface area (Å²) in [5, 5.41) is 0. The molecule has 1 atom stereocenters. The molecule has 13 heavy (non-hydrogen) atoms. The van der Waals surface area contributed by atoms with E-state index in [-0.39, 0.29) is 23.9 Å². The van der Waals surface area contributed by atoms with Crippen LogP contribution in [0.3, 0.4) is 0 Å². The summed E-state index contributed by atoms with van der Waals surface area (Å²) in [6.45, 7) is 8.63. The Morgan fingerprint density at radius 3 is 2.15 bits per heavy atom. The number of nitrogens with two attached hydrogens (primary N) is 1. The van der Waals surface area contributed by atoms with Crippen molar-refractivity contribution in [3.05, 3.63) is 21.9 Å².